The van der Waals surface area contributed by atoms with E-state index in [1.54, 1.807) is 17.5 Å². The standard InChI is InChI=1S/C27H29N3O4S/c1-19-9-5-6-13-22(19)30(24(31)18-29-26(32)23-14-8-16-35-23)25(20-10-3-2-4-11-20)27(33)28-17-21-12-7-15-34-21/h2-6,8-11,13-14,16,21,25H,7,12,15,17-18H2,1H3,(H,28,33)(H,29,32)/t21-,25+/m0/s1. The predicted octanol–water partition coefficient (Wildman–Crippen LogP) is 3.86. The van der Waals surface area contributed by atoms with Crippen LogP contribution in [-0.4, -0.2) is 43.5 Å². The number of para-hydroxylation sites is 1. The lowest BCUT2D eigenvalue weighted by molar-refractivity contribution is -0.126. The second kappa shape index (κ2) is 11.8. The summed E-state index contributed by atoms with van der Waals surface area (Å²) in [7, 11) is 0. The number of anilines is 1. The van der Waals surface area contributed by atoms with Crippen LogP contribution in [0.3, 0.4) is 0 Å². The molecule has 2 aromatic carbocycles. The number of carbonyl (C=O) groups excluding carboxylic acids is 3. The third-order valence-electron chi connectivity index (χ3n) is 5.94. The van der Waals surface area contributed by atoms with E-state index in [0.29, 0.717) is 29.3 Å². The summed E-state index contributed by atoms with van der Waals surface area (Å²) >= 11 is 1.30. The molecule has 4 rings (SSSR count). The topological polar surface area (TPSA) is 87.7 Å². The minimum absolute atomic E-state index is 0.0249. The molecule has 3 amide bonds. The highest BCUT2D eigenvalue weighted by Gasteiger charge is 2.34. The fourth-order valence-corrected chi connectivity index (χ4v) is 4.80. The molecule has 2 atom stereocenters. The average Bonchev–Trinajstić information content (AvgIpc) is 3.60. The Kier molecular flexibility index (Phi) is 8.28. The van der Waals surface area contributed by atoms with Gasteiger partial charge in [-0.2, -0.15) is 0 Å². The smallest absolute Gasteiger partial charge is 0.261 e. The first-order chi connectivity index (χ1) is 17.0. The monoisotopic (exact) mass is 491 g/mol. The van der Waals surface area contributed by atoms with Crippen LogP contribution in [0.1, 0.15) is 39.7 Å². The van der Waals surface area contributed by atoms with Gasteiger partial charge in [-0.25, -0.2) is 0 Å². The molecule has 7 nitrogen and oxygen atoms in total. The molecular formula is C27H29N3O4S. The van der Waals surface area contributed by atoms with E-state index in [0.717, 1.165) is 18.4 Å². The van der Waals surface area contributed by atoms with Gasteiger partial charge in [-0.05, 0) is 48.4 Å². The summed E-state index contributed by atoms with van der Waals surface area (Å²) in [4.78, 5) is 41.8. The normalized spacial score (nSPS) is 15.9. The molecule has 2 heterocycles. The molecule has 0 bridgehead atoms. The first-order valence-electron chi connectivity index (χ1n) is 11.7. The molecule has 8 heteroatoms. The molecule has 1 aliphatic rings. The summed E-state index contributed by atoms with van der Waals surface area (Å²) in [6.45, 7) is 2.73. The molecule has 0 saturated carbocycles. The van der Waals surface area contributed by atoms with Crippen molar-refractivity contribution in [1.29, 1.82) is 0 Å². The van der Waals surface area contributed by atoms with Gasteiger partial charge in [0.25, 0.3) is 5.91 Å². The number of ether oxygens (including phenoxy) is 1. The maximum absolute atomic E-state index is 13.7. The SMILES string of the molecule is Cc1ccccc1N(C(=O)CNC(=O)c1cccs1)[C@@H](C(=O)NC[C@@H]1CCCO1)c1ccccc1. The van der Waals surface area contributed by atoms with Crippen molar-refractivity contribution in [3.05, 3.63) is 88.1 Å². The van der Waals surface area contributed by atoms with Crippen molar-refractivity contribution in [2.45, 2.75) is 31.9 Å². The largest absolute Gasteiger partial charge is 0.376 e. The number of amides is 3. The minimum Gasteiger partial charge on any atom is -0.376 e. The van der Waals surface area contributed by atoms with Crippen LogP contribution in [0.5, 0.6) is 0 Å². The molecule has 35 heavy (non-hydrogen) atoms. The van der Waals surface area contributed by atoms with Crippen LogP contribution in [0.25, 0.3) is 0 Å². The van der Waals surface area contributed by atoms with Crippen molar-refractivity contribution in [3.63, 3.8) is 0 Å². The average molecular weight is 492 g/mol. The van der Waals surface area contributed by atoms with Gasteiger partial charge in [0.05, 0.1) is 17.5 Å². The molecule has 3 aromatic rings. The lowest BCUT2D eigenvalue weighted by Crippen LogP contribution is -2.48. The lowest BCUT2D eigenvalue weighted by Gasteiger charge is -2.33. The third kappa shape index (κ3) is 6.15. The fraction of sp³-hybridized carbons (Fsp3) is 0.296. The summed E-state index contributed by atoms with van der Waals surface area (Å²) in [6.07, 6.45) is 1.84. The molecule has 182 valence electrons. The molecule has 0 aliphatic carbocycles. The van der Waals surface area contributed by atoms with Gasteiger partial charge in [-0.1, -0.05) is 54.6 Å². The van der Waals surface area contributed by atoms with Gasteiger partial charge in [0.2, 0.25) is 11.8 Å². The highest BCUT2D eigenvalue weighted by Crippen LogP contribution is 2.30. The quantitative estimate of drug-likeness (QED) is 0.476. The first-order valence-corrected chi connectivity index (χ1v) is 12.6. The summed E-state index contributed by atoms with van der Waals surface area (Å²) in [6, 6.07) is 19.2. The number of carbonyl (C=O) groups is 3. The van der Waals surface area contributed by atoms with Crippen molar-refractivity contribution in [1.82, 2.24) is 10.6 Å². The van der Waals surface area contributed by atoms with E-state index in [-0.39, 0.29) is 30.4 Å². The summed E-state index contributed by atoms with van der Waals surface area (Å²) in [5.41, 5.74) is 2.14. The zero-order chi connectivity index (χ0) is 24.6. The second-order valence-electron chi connectivity index (χ2n) is 8.40. The third-order valence-corrected chi connectivity index (χ3v) is 6.81. The molecule has 1 aliphatic heterocycles. The van der Waals surface area contributed by atoms with Crippen molar-refractivity contribution in [2.24, 2.45) is 0 Å². The molecule has 2 N–H and O–H groups in total. The second-order valence-corrected chi connectivity index (χ2v) is 9.35. The Bertz CT molecular complexity index is 1140. The molecule has 0 unspecified atom stereocenters. The van der Waals surface area contributed by atoms with E-state index in [9.17, 15) is 14.4 Å². The summed E-state index contributed by atoms with van der Waals surface area (Å²) in [5, 5.41) is 7.50. The summed E-state index contributed by atoms with van der Waals surface area (Å²) in [5.74, 6) is -1.00. The zero-order valence-corrected chi connectivity index (χ0v) is 20.4. The van der Waals surface area contributed by atoms with Crippen molar-refractivity contribution in [3.8, 4) is 0 Å². The fourth-order valence-electron chi connectivity index (χ4n) is 4.16. The number of hydrogen-bond donors (Lipinski definition) is 2. The Labute approximate surface area is 209 Å². The number of nitrogens with zero attached hydrogens (tertiary/aromatic N) is 1. The number of hydrogen-bond acceptors (Lipinski definition) is 5. The van der Waals surface area contributed by atoms with Gasteiger partial charge in [-0.15, -0.1) is 11.3 Å². The maximum Gasteiger partial charge on any atom is 0.261 e. The molecular weight excluding hydrogens is 462 g/mol. The first kappa shape index (κ1) is 24.6. The van der Waals surface area contributed by atoms with Crippen LogP contribution >= 0.6 is 11.3 Å². The molecule has 1 aromatic heterocycles. The van der Waals surface area contributed by atoms with Crippen LogP contribution in [0, 0.1) is 6.92 Å². The van der Waals surface area contributed by atoms with Crippen LogP contribution in [0.4, 0.5) is 5.69 Å². The number of thiophene rings is 1. The van der Waals surface area contributed by atoms with Crippen molar-refractivity contribution in [2.75, 3.05) is 24.6 Å². The minimum atomic E-state index is -0.912. The zero-order valence-electron chi connectivity index (χ0n) is 19.6. The van der Waals surface area contributed by atoms with E-state index in [1.807, 2.05) is 61.5 Å². The molecule has 1 fully saturated rings. The molecule has 1 saturated heterocycles. The Hall–Kier alpha value is -3.49. The number of rotatable bonds is 9. The number of aryl methyl sites for hydroxylation is 1. The van der Waals surface area contributed by atoms with Crippen LogP contribution in [0.2, 0.25) is 0 Å². The lowest BCUT2D eigenvalue weighted by atomic mass is 10.0. The molecule has 0 spiro atoms. The van der Waals surface area contributed by atoms with Crippen LogP contribution in [0.15, 0.2) is 72.1 Å². The van der Waals surface area contributed by atoms with E-state index in [1.165, 1.54) is 16.2 Å². The number of nitrogens with one attached hydrogen (secondary N) is 2. The Morgan fingerprint density at radius 1 is 1.03 bits per heavy atom. The molecule has 0 radical (unpaired) electrons. The van der Waals surface area contributed by atoms with Gasteiger partial charge in [0.1, 0.15) is 6.04 Å². The Balaban J connectivity index is 1.64. The highest BCUT2D eigenvalue weighted by atomic mass is 32.1. The summed E-state index contributed by atoms with van der Waals surface area (Å²) < 4.78 is 5.66. The van der Waals surface area contributed by atoms with Crippen molar-refractivity contribution < 1.29 is 19.1 Å². The van der Waals surface area contributed by atoms with E-state index in [4.69, 9.17) is 4.74 Å². The Morgan fingerprint density at radius 2 is 1.80 bits per heavy atom. The van der Waals surface area contributed by atoms with Gasteiger partial charge >= 0.3 is 0 Å². The Morgan fingerprint density at radius 3 is 2.49 bits per heavy atom. The predicted molar refractivity (Wildman–Crippen MR) is 136 cm³/mol. The van der Waals surface area contributed by atoms with E-state index < -0.39 is 6.04 Å². The number of benzene rings is 2. The van der Waals surface area contributed by atoms with E-state index >= 15 is 0 Å². The van der Waals surface area contributed by atoms with Gasteiger partial charge in [-0.3, -0.25) is 19.3 Å². The van der Waals surface area contributed by atoms with Crippen molar-refractivity contribution >= 4 is 34.7 Å². The van der Waals surface area contributed by atoms with Crippen LogP contribution < -0.4 is 15.5 Å². The van der Waals surface area contributed by atoms with Crippen LogP contribution in [-0.2, 0) is 14.3 Å². The maximum atomic E-state index is 13.7. The van der Waals surface area contributed by atoms with Gasteiger partial charge < -0.3 is 15.4 Å². The van der Waals surface area contributed by atoms with Gasteiger partial charge in [0.15, 0.2) is 0 Å². The van der Waals surface area contributed by atoms with E-state index in [2.05, 4.69) is 10.6 Å². The van der Waals surface area contributed by atoms with Gasteiger partial charge in [0, 0.05) is 18.8 Å². The highest BCUT2D eigenvalue weighted by molar-refractivity contribution is 7.12.